The number of halogens is 2. The summed E-state index contributed by atoms with van der Waals surface area (Å²) in [5.41, 5.74) is 0.888. The van der Waals surface area contributed by atoms with E-state index in [2.05, 4.69) is 0 Å². The Hall–Kier alpha value is -3.00. The Morgan fingerprint density at radius 2 is 1.63 bits per heavy atom. The van der Waals surface area contributed by atoms with E-state index in [0.29, 0.717) is 22.9 Å². The Kier molecular flexibility index (Phi) is 5.67. The van der Waals surface area contributed by atoms with Crippen LogP contribution >= 0.6 is 11.8 Å². The summed E-state index contributed by atoms with van der Waals surface area (Å²) in [6.07, 6.45) is 3.56. The van der Waals surface area contributed by atoms with Crippen molar-refractivity contribution in [3.05, 3.63) is 75.7 Å². The number of benzene rings is 2. The largest absolute Gasteiger partial charge is 0.339 e. The first-order valence-electron chi connectivity index (χ1n) is 9.51. The molecule has 0 atom stereocenters. The van der Waals surface area contributed by atoms with Crippen LogP contribution in [-0.4, -0.2) is 39.9 Å². The summed E-state index contributed by atoms with van der Waals surface area (Å²) in [7, 11) is 0. The molecule has 2 aromatic rings. The lowest BCUT2D eigenvalue weighted by molar-refractivity contribution is -0.123. The number of carbonyl (C=O) groups excluding carboxylic acids is 3. The first kappa shape index (κ1) is 20.3. The monoisotopic (exact) mass is 428 g/mol. The van der Waals surface area contributed by atoms with Crippen LogP contribution in [0.2, 0.25) is 0 Å². The van der Waals surface area contributed by atoms with Gasteiger partial charge in [0.05, 0.1) is 11.4 Å². The molecule has 0 unspecified atom stereocenters. The van der Waals surface area contributed by atoms with Gasteiger partial charge in [-0.25, -0.2) is 8.78 Å². The average molecular weight is 428 g/mol. The predicted octanol–water partition coefficient (Wildman–Crippen LogP) is 4.44. The minimum absolute atomic E-state index is 0.0220. The zero-order chi connectivity index (χ0) is 21.3. The molecule has 2 aliphatic rings. The molecule has 2 aromatic carbocycles. The molecule has 4 rings (SSSR count). The van der Waals surface area contributed by atoms with E-state index in [4.69, 9.17) is 0 Å². The van der Waals surface area contributed by atoms with Crippen molar-refractivity contribution in [2.75, 3.05) is 13.1 Å². The summed E-state index contributed by atoms with van der Waals surface area (Å²) in [6.45, 7) is 1.05. The van der Waals surface area contributed by atoms with E-state index in [0.717, 1.165) is 43.0 Å². The van der Waals surface area contributed by atoms with Crippen LogP contribution in [0.25, 0.3) is 6.08 Å². The molecule has 2 saturated heterocycles. The van der Waals surface area contributed by atoms with Crippen molar-refractivity contribution >= 4 is 34.9 Å². The summed E-state index contributed by atoms with van der Waals surface area (Å²) in [5, 5.41) is -0.588. The van der Waals surface area contributed by atoms with Crippen molar-refractivity contribution in [2.45, 2.75) is 19.4 Å². The van der Waals surface area contributed by atoms with Crippen molar-refractivity contribution in [3.8, 4) is 0 Å². The molecule has 5 nitrogen and oxygen atoms in total. The van der Waals surface area contributed by atoms with Crippen molar-refractivity contribution in [3.63, 3.8) is 0 Å². The van der Waals surface area contributed by atoms with Gasteiger partial charge in [0.1, 0.15) is 11.6 Å². The molecule has 0 bridgehead atoms. The lowest BCUT2D eigenvalue weighted by atomic mass is 10.1. The van der Waals surface area contributed by atoms with Crippen LogP contribution in [0.5, 0.6) is 0 Å². The number of amides is 3. The van der Waals surface area contributed by atoms with E-state index >= 15 is 0 Å². The standard InChI is InChI=1S/C22H18F2N2O3S/c23-17-4-3-5-18(24)16(17)13-26-21(28)19(30-22(26)29)12-14-6-8-15(9-7-14)20(27)25-10-1-2-11-25/h3-9,12H,1-2,10-11,13H2/b19-12-. The second-order valence-corrected chi connectivity index (χ2v) is 8.08. The molecule has 0 N–H and O–H groups in total. The molecule has 0 saturated carbocycles. The molecule has 2 heterocycles. The van der Waals surface area contributed by atoms with Crippen molar-refractivity contribution in [1.82, 2.24) is 9.80 Å². The van der Waals surface area contributed by atoms with Crippen molar-refractivity contribution in [1.29, 1.82) is 0 Å². The molecule has 154 valence electrons. The second-order valence-electron chi connectivity index (χ2n) is 7.09. The highest BCUT2D eigenvalue weighted by molar-refractivity contribution is 8.18. The third kappa shape index (κ3) is 4.00. The fraction of sp³-hybridized carbons (Fsp3) is 0.227. The fourth-order valence-electron chi connectivity index (χ4n) is 3.45. The smallest absolute Gasteiger partial charge is 0.293 e. The highest BCUT2D eigenvalue weighted by Crippen LogP contribution is 2.34. The van der Waals surface area contributed by atoms with Crippen LogP contribution in [0.1, 0.15) is 34.3 Å². The molecule has 0 aliphatic carbocycles. The maximum atomic E-state index is 13.9. The van der Waals surface area contributed by atoms with Gasteiger partial charge >= 0.3 is 0 Å². The second kappa shape index (κ2) is 8.39. The summed E-state index contributed by atoms with van der Waals surface area (Å²) in [4.78, 5) is 40.0. The van der Waals surface area contributed by atoms with Crippen molar-refractivity contribution in [2.24, 2.45) is 0 Å². The summed E-state index contributed by atoms with van der Waals surface area (Å²) < 4.78 is 27.8. The van der Waals surface area contributed by atoms with Gasteiger partial charge in [-0.15, -0.1) is 0 Å². The Bertz CT molecular complexity index is 1030. The molecule has 30 heavy (non-hydrogen) atoms. The molecule has 8 heteroatoms. The zero-order valence-electron chi connectivity index (χ0n) is 15.9. The Morgan fingerprint density at radius 1 is 1.00 bits per heavy atom. The predicted molar refractivity (Wildman–Crippen MR) is 109 cm³/mol. The van der Waals surface area contributed by atoms with Gasteiger partial charge in [0, 0.05) is 24.2 Å². The number of imide groups is 1. The van der Waals surface area contributed by atoms with Crippen LogP contribution in [0.15, 0.2) is 47.4 Å². The van der Waals surface area contributed by atoms with Gasteiger partial charge in [-0.1, -0.05) is 18.2 Å². The maximum Gasteiger partial charge on any atom is 0.293 e. The number of carbonyl (C=O) groups is 3. The van der Waals surface area contributed by atoms with Gasteiger partial charge < -0.3 is 4.90 Å². The number of hydrogen-bond donors (Lipinski definition) is 0. The topological polar surface area (TPSA) is 57.7 Å². The minimum Gasteiger partial charge on any atom is -0.339 e. The van der Waals surface area contributed by atoms with Gasteiger partial charge in [-0.2, -0.15) is 0 Å². The molecule has 2 fully saturated rings. The van der Waals surface area contributed by atoms with E-state index < -0.39 is 29.3 Å². The van der Waals surface area contributed by atoms with Gasteiger partial charge in [-0.3, -0.25) is 19.3 Å². The Morgan fingerprint density at radius 3 is 2.27 bits per heavy atom. The zero-order valence-corrected chi connectivity index (χ0v) is 16.8. The summed E-state index contributed by atoms with van der Waals surface area (Å²) in [5.74, 6) is -2.25. The quantitative estimate of drug-likeness (QED) is 0.676. The van der Waals surface area contributed by atoms with E-state index in [1.807, 2.05) is 4.90 Å². The summed E-state index contributed by atoms with van der Waals surface area (Å²) in [6, 6.07) is 10.2. The lowest BCUT2D eigenvalue weighted by Crippen LogP contribution is -2.28. The normalized spacial score (nSPS) is 18.0. The molecular weight excluding hydrogens is 410 g/mol. The van der Waals surface area contributed by atoms with Gasteiger partial charge in [-0.05, 0) is 60.5 Å². The highest BCUT2D eigenvalue weighted by atomic mass is 32.2. The average Bonchev–Trinajstić information content (AvgIpc) is 3.35. The third-order valence-corrected chi connectivity index (χ3v) is 6.01. The Labute approximate surface area is 176 Å². The first-order valence-corrected chi connectivity index (χ1v) is 10.3. The van der Waals surface area contributed by atoms with Crippen LogP contribution in [0.3, 0.4) is 0 Å². The molecule has 2 aliphatic heterocycles. The third-order valence-electron chi connectivity index (χ3n) is 5.10. The maximum absolute atomic E-state index is 13.9. The van der Waals surface area contributed by atoms with Crippen LogP contribution < -0.4 is 0 Å². The molecule has 0 radical (unpaired) electrons. The lowest BCUT2D eigenvalue weighted by Gasteiger charge is -2.15. The molecule has 0 spiro atoms. The van der Waals surface area contributed by atoms with E-state index in [1.165, 1.54) is 12.1 Å². The first-order chi connectivity index (χ1) is 14.4. The number of likely N-dealkylation sites (tertiary alicyclic amines) is 1. The van der Waals surface area contributed by atoms with E-state index in [-0.39, 0.29) is 16.4 Å². The summed E-state index contributed by atoms with van der Waals surface area (Å²) >= 11 is 0.717. The van der Waals surface area contributed by atoms with Crippen LogP contribution in [0, 0.1) is 11.6 Å². The number of rotatable bonds is 4. The van der Waals surface area contributed by atoms with E-state index in [9.17, 15) is 23.2 Å². The van der Waals surface area contributed by atoms with Crippen LogP contribution in [0.4, 0.5) is 13.6 Å². The SMILES string of the molecule is O=C(c1ccc(/C=C2\SC(=O)N(Cc3c(F)cccc3F)C2=O)cc1)N1CCCC1. The van der Waals surface area contributed by atoms with Crippen LogP contribution in [-0.2, 0) is 11.3 Å². The fourth-order valence-corrected chi connectivity index (χ4v) is 4.29. The number of hydrogen-bond acceptors (Lipinski definition) is 4. The minimum atomic E-state index is -0.809. The van der Waals surface area contributed by atoms with E-state index in [1.54, 1.807) is 24.3 Å². The van der Waals surface area contributed by atoms with Gasteiger partial charge in [0.2, 0.25) is 0 Å². The van der Waals surface area contributed by atoms with Gasteiger partial charge in [0.15, 0.2) is 0 Å². The number of thioether (sulfide) groups is 1. The van der Waals surface area contributed by atoms with Crippen molar-refractivity contribution < 1.29 is 23.2 Å². The molecule has 0 aromatic heterocycles. The van der Waals surface area contributed by atoms with Gasteiger partial charge in [0.25, 0.3) is 17.1 Å². The Balaban J connectivity index is 1.50. The molecule has 3 amide bonds. The highest BCUT2D eigenvalue weighted by Gasteiger charge is 2.36. The number of nitrogens with zero attached hydrogens (tertiary/aromatic N) is 2. The molecular formula is C22H18F2N2O3S.